The fourth-order valence-electron chi connectivity index (χ4n) is 3.51. The van der Waals surface area contributed by atoms with Crippen LogP contribution in [0.5, 0.6) is 0 Å². The van der Waals surface area contributed by atoms with E-state index in [1.54, 1.807) is 0 Å². The van der Waals surface area contributed by atoms with Gasteiger partial charge < -0.3 is 10.6 Å². The van der Waals surface area contributed by atoms with Gasteiger partial charge in [0.15, 0.2) is 0 Å². The summed E-state index contributed by atoms with van der Waals surface area (Å²) in [6.07, 6.45) is 6.67. The second-order valence-corrected chi connectivity index (χ2v) is 6.85. The summed E-state index contributed by atoms with van der Waals surface area (Å²) in [5.74, 6) is 2.90. The van der Waals surface area contributed by atoms with Crippen molar-refractivity contribution in [1.82, 2.24) is 10.6 Å². The molecular weight excluding hydrogens is 224 g/mol. The van der Waals surface area contributed by atoms with Crippen LogP contribution in [-0.2, 0) is 4.79 Å². The Balaban J connectivity index is 1.62. The van der Waals surface area contributed by atoms with Gasteiger partial charge in [0.05, 0.1) is 6.54 Å². The molecule has 3 atom stereocenters. The van der Waals surface area contributed by atoms with Gasteiger partial charge in [-0.25, -0.2) is 0 Å². The molecule has 0 heterocycles. The Kier molecular flexibility index (Phi) is 4.31. The molecule has 0 aromatic heterocycles. The molecule has 104 valence electrons. The molecule has 0 aliphatic heterocycles. The number of fused-ring (bicyclic) bond motifs is 2. The number of carbonyl (C=O) groups excluding carboxylic acids is 1. The van der Waals surface area contributed by atoms with E-state index in [0.29, 0.717) is 6.54 Å². The maximum atomic E-state index is 11.8. The minimum atomic E-state index is -0.0782. The highest BCUT2D eigenvalue weighted by atomic mass is 16.2. The standard InChI is InChI=1S/C15H28N2O/c1-4-15(2,3)17-14(18)10-16-9-13-8-11-5-6-12(13)7-11/h11-13,16H,4-10H2,1-3H3,(H,17,18). The zero-order valence-corrected chi connectivity index (χ0v) is 12.1. The minimum absolute atomic E-state index is 0.0782. The molecule has 2 rings (SSSR count). The van der Waals surface area contributed by atoms with Gasteiger partial charge in [0.25, 0.3) is 0 Å². The summed E-state index contributed by atoms with van der Waals surface area (Å²) in [4.78, 5) is 11.8. The molecule has 0 spiro atoms. The van der Waals surface area contributed by atoms with Gasteiger partial charge in [-0.15, -0.1) is 0 Å². The highest BCUT2D eigenvalue weighted by Gasteiger charge is 2.38. The van der Waals surface area contributed by atoms with Gasteiger partial charge in [-0.05, 0) is 63.8 Å². The number of hydrogen-bond acceptors (Lipinski definition) is 2. The van der Waals surface area contributed by atoms with E-state index in [4.69, 9.17) is 0 Å². The molecule has 3 nitrogen and oxygen atoms in total. The molecule has 2 N–H and O–H groups in total. The maximum Gasteiger partial charge on any atom is 0.234 e. The van der Waals surface area contributed by atoms with Crippen molar-refractivity contribution in [1.29, 1.82) is 0 Å². The molecule has 0 aromatic carbocycles. The third kappa shape index (κ3) is 3.47. The first kappa shape index (κ1) is 13.9. The van der Waals surface area contributed by atoms with Crippen LogP contribution in [0.15, 0.2) is 0 Å². The fraction of sp³-hybridized carbons (Fsp3) is 0.933. The largest absolute Gasteiger partial charge is 0.350 e. The molecule has 18 heavy (non-hydrogen) atoms. The molecule has 3 heteroatoms. The Morgan fingerprint density at radius 3 is 2.61 bits per heavy atom. The zero-order chi connectivity index (χ0) is 13.2. The Hall–Kier alpha value is -0.570. The van der Waals surface area contributed by atoms with Crippen LogP contribution in [-0.4, -0.2) is 24.5 Å². The summed E-state index contributed by atoms with van der Waals surface area (Å²) >= 11 is 0. The van der Waals surface area contributed by atoms with Crippen molar-refractivity contribution in [3.05, 3.63) is 0 Å². The summed E-state index contributed by atoms with van der Waals surface area (Å²) in [5.41, 5.74) is -0.0782. The lowest BCUT2D eigenvalue weighted by Gasteiger charge is -2.25. The number of carbonyl (C=O) groups is 1. The van der Waals surface area contributed by atoms with E-state index in [9.17, 15) is 4.79 Å². The third-order valence-electron chi connectivity index (χ3n) is 4.94. The lowest BCUT2D eigenvalue weighted by Crippen LogP contribution is -2.47. The van der Waals surface area contributed by atoms with Crippen molar-refractivity contribution >= 4 is 5.91 Å². The molecule has 2 aliphatic rings. The van der Waals surface area contributed by atoms with Crippen molar-refractivity contribution in [2.24, 2.45) is 17.8 Å². The quantitative estimate of drug-likeness (QED) is 0.761. The molecule has 2 aliphatic carbocycles. The van der Waals surface area contributed by atoms with E-state index in [1.165, 1.54) is 25.7 Å². The smallest absolute Gasteiger partial charge is 0.234 e. The van der Waals surface area contributed by atoms with Gasteiger partial charge in [-0.1, -0.05) is 13.3 Å². The van der Waals surface area contributed by atoms with E-state index in [0.717, 1.165) is 30.7 Å². The predicted octanol–water partition coefficient (Wildman–Crippen LogP) is 2.32. The highest BCUT2D eigenvalue weighted by Crippen LogP contribution is 2.47. The first-order valence-corrected chi connectivity index (χ1v) is 7.52. The van der Waals surface area contributed by atoms with Crippen LogP contribution in [0.4, 0.5) is 0 Å². The van der Waals surface area contributed by atoms with Crippen LogP contribution in [0, 0.1) is 17.8 Å². The number of nitrogens with one attached hydrogen (secondary N) is 2. The highest BCUT2D eigenvalue weighted by molar-refractivity contribution is 5.78. The maximum absolute atomic E-state index is 11.8. The Morgan fingerprint density at radius 2 is 2.06 bits per heavy atom. The Morgan fingerprint density at radius 1 is 1.28 bits per heavy atom. The predicted molar refractivity (Wildman–Crippen MR) is 74.3 cm³/mol. The van der Waals surface area contributed by atoms with Crippen LogP contribution in [0.25, 0.3) is 0 Å². The number of amides is 1. The van der Waals surface area contributed by atoms with Crippen molar-refractivity contribution in [2.45, 2.75) is 58.4 Å². The molecule has 0 saturated heterocycles. The third-order valence-corrected chi connectivity index (χ3v) is 4.94. The summed E-state index contributed by atoms with van der Waals surface area (Å²) < 4.78 is 0. The van der Waals surface area contributed by atoms with Crippen molar-refractivity contribution < 1.29 is 4.79 Å². The lowest BCUT2D eigenvalue weighted by atomic mass is 9.89. The van der Waals surface area contributed by atoms with E-state index in [2.05, 4.69) is 31.4 Å². The summed E-state index contributed by atoms with van der Waals surface area (Å²) in [6.45, 7) is 7.74. The Labute approximate surface area is 111 Å². The minimum Gasteiger partial charge on any atom is -0.350 e. The second kappa shape index (κ2) is 5.60. The number of rotatable bonds is 6. The topological polar surface area (TPSA) is 41.1 Å². The number of hydrogen-bond donors (Lipinski definition) is 2. The zero-order valence-electron chi connectivity index (χ0n) is 12.1. The second-order valence-electron chi connectivity index (χ2n) is 6.85. The normalized spacial score (nSPS) is 30.7. The molecule has 2 bridgehead atoms. The van der Waals surface area contributed by atoms with E-state index >= 15 is 0 Å². The van der Waals surface area contributed by atoms with E-state index in [-0.39, 0.29) is 11.4 Å². The molecular formula is C15H28N2O. The summed E-state index contributed by atoms with van der Waals surface area (Å²) in [7, 11) is 0. The van der Waals surface area contributed by atoms with Gasteiger partial charge in [-0.3, -0.25) is 4.79 Å². The van der Waals surface area contributed by atoms with Gasteiger partial charge in [0.1, 0.15) is 0 Å². The molecule has 1 amide bonds. The van der Waals surface area contributed by atoms with E-state index < -0.39 is 0 Å². The SMILES string of the molecule is CCC(C)(C)NC(=O)CNCC1CC2CCC1C2. The van der Waals surface area contributed by atoms with Crippen LogP contribution >= 0.6 is 0 Å². The average Bonchev–Trinajstić information content (AvgIpc) is 2.90. The lowest BCUT2D eigenvalue weighted by molar-refractivity contribution is -0.121. The Bertz CT molecular complexity index is 301. The first-order valence-electron chi connectivity index (χ1n) is 7.52. The van der Waals surface area contributed by atoms with E-state index in [1.807, 2.05) is 0 Å². The van der Waals surface area contributed by atoms with Crippen molar-refractivity contribution in [3.63, 3.8) is 0 Å². The van der Waals surface area contributed by atoms with Crippen LogP contribution < -0.4 is 10.6 Å². The van der Waals surface area contributed by atoms with Crippen LogP contribution in [0.1, 0.15) is 52.9 Å². The molecule has 3 unspecified atom stereocenters. The summed E-state index contributed by atoms with van der Waals surface area (Å²) in [6, 6.07) is 0. The van der Waals surface area contributed by atoms with Crippen molar-refractivity contribution in [2.75, 3.05) is 13.1 Å². The monoisotopic (exact) mass is 252 g/mol. The first-order chi connectivity index (χ1) is 8.50. The van der Waals surface area contributed by atoms with Crippen LogP contribution in [0.2, 0.25) is 0 Å². The van der Waals surface area contributed by atoms with Gasteiger partial charge >= 0.3 is 0 Å². The molecule has 2 saturated carbocycles. The molecule has 0 radical (unpaired) electrons. The molecule has 0 aromatic rings. The fourth-order valence-corrected chi connectivity index (χ4v) is 3.51. The van der Waals surface area contributed by atoms with Gasteiger partial charge in [-0.2, -0.15) is 0 Å². The van der Waals surface area contributed by atoms with Gasteiger partial charge in [0.2, 0.25) is 5.91 Å². The average molecular weight is 252 g/mol. The van der Waals surface area contributed by atoms with Gasteiger partial charge in [0, 0.05) is 5.54 Å². The van der Waals surface area contributed by atoms with Crippen molar-refractivity contribution in [3.8, 4) is 0 Å². The summed E-state index contributed by atoms with van der Waals surface area (Å²) in [5, 5.41) is 6.41. The molecule has 2 fully saturated rings. The van der Waals surface area contributed by atoms with Crippen LogP contribution in [0.3, 0.4) is 0 Å².